The van der Waals surface area contributed by atoms with Crippen LogP contribution in [0.5, 0.6) is 11.5 Å². The van der Waals surface area contributed by atoms with Crippen molar-refractivity contribution in [1.29, 1.82) is 0 Å². The fraction of sp³-hybridized carbons (Fsp3) is 0.267. The van der Waals surface area contributed by atoms with Crippen LogP contribution in [0, 0.1) is 0 Å². The van der Waals surface area contributed by atoms with Gasteiger partial charge in [-0.2, -0.15) is 0 Å². The van der Waals surface area contributed by atoms with Crippen molar-refractivity contribution in [2.45, 2.75) is 45.1 Å². The van der Waals surface area contributed by atoms with Crippen molar-refractivity contribution in [2.75, 3.05) is 11.5 Å². The highest BCUT2D eigenvalue weighted by molar-refractivity contribution is 6.07. The van der Waals surface area contributed by atoms with E-state index in [1.54, 1.807) is 4.90 Å². The highest BCUT2D eigenvalue weighted by Gasteiger charge is 2.39. The van der Waals surface area contributed by atoms with Gasteiger partial charge in [-0.05, 0) is 67.3 Å². The van der Waals surface area contributed by atoms with E-state index in [9.17, 15) is 9.59 Å². The van der Waals surface area contributed by atoms with Crippen LogP contribution in [0.3, 0.4) is 0 Å². The summed E-state index contributed by atoms with van der Waals surface area (Å²) in [6.45, 7) is 3.02. The largest absolute Gasteiger partial charge is 0.494 e. The van der Waals surface area contributed by atoms with Gasteiger partial charge < -0.3 is 9.47 Å². The van der Waals surface area contributed by atoms with Gasteiger partial charge in [0, 0.05) is 35.7 Å². The molecule has 0 fully saturated rings. The lowest BCUT2D eigenvalue weighted by molar-refractivity contribution is -0.119. The summed E-state index contributed by atoms with van der Waals surface area (Å²) in [5, 5.41) is 0. The van der Waals surface area contributed by atoms with Gasteiger partial charge in [-0.3, -0.25) is 14.5 Å². The van der Waals surface area contributed by atoms with Gasteiger partial charge in [0.05, 0.1) is 6.61 Å². The maximum Gasteiger partial charge on any atom is 0.232 e. The van der Waals surface area contributed by atoms with Gasteiger partial charge in [-0.25, -0.2) is 0 Å². The van der Waals surface area contributed by atoms with Gasteiger partial charge in [-0.1, -0.05) is 42.5 Å². The first-order valence-electron chi connectivity index (χ1n) is 12.2. The second-order valence-corrected chi connectivity index (χ2v) is 8.89. The molecule has 0 spiro atoms. The zero-order chi connectivity index (χ0) is 24.2. The fourth-order valence-electron chi connectivity index (χ4n) is 4.97. The molecule has 0 aromatic heterocycles. The van der Waals surface area contributed by atoms with Gasteiger partial charge >= 0.3 is 0 Å². The molecule has 0 saturated carbocycles. The summed E-state index contributed by atoms with van der Waals surface area (Å²) in [6.07, 6.45) is 2.27. The van der Waals surface area contributed by atoms with Gasteiger partial charge in [0.1, 0.15) is 18.1 Å². The molecular formula is C30H29NO4. The summed E-state index contributed by atoms with van der Waals surface area (Å²) in [6, 6.07) is 25.4. The maximum atomic E-state index is 13.4. The van der Waals surface area contributed by atoms with Gasteiger partial charge in [0.15, 0.2) is 5.78 Å². The van der Waals surface area contributed by atoms with E-state index < -0.39 is 0 Å². The Morgan fingerprint density at radius 3 is 2.23 bits per heavy atom. The van der Waals surface area contributed by atoms with E-state index in [0.29, 0.717) is 19.6 Å². The zero-order valence-corrected chi connectivity index (χ0v) is 19.9. The van der Waals surface area contributed by atoms with Crippen LogP contribution in [0.4, 0.5) is 5.69 Å². The number of allylic oxidation sites excluding steroid dienone is 2. The van der Waals surface area contributed by atoms with E-state index in [1.807, 2.05) is 85.8 Å². The average Bonchev–Trinajstić information content (AvgIpc) is 2.89. The number of hydrogen-bond acceptors (Lipinski definition) is 4. The van der Waals surface area contributed by atoms with Crippen LogP contribution in [-0.4, -0.2) is 18.3 Å². The Bertz CT molecular complexity index is 1230. The average molecular weight is 468 g/mol. The van der Waals surface area contributed by atoms with Gasteiger partial charge in [-0.15, -0.1) is 0 Å². The number of carbonyl (C=O) groups is 2. The molecule has 178 valence electrons. The molecule has 1 aliphatic carbocycles. The zero-order valence-electron chi connectivity index (χ0n) is 19.9. The molecule has 0 bridgehead atoms. The molecule has 0 saturated heterocycles. The van der Waals surface area contributed by atoms with Crippen molar-refractivity contribution in [3.05, 3.63) is 101 Å². The summed E-state index contributed by atoms with van der Waals surface area (Å²) >= 11 is 0. The number of Topliss-reactive ketones (excluding diaryl/α,β-unsaturated/α-hetero) is 1. The summed E-state index contributed by atoms with van der Waals surface area (Å²) in [4.78, 5) is 28.3. The minimum atomic E-state index is -0.229. The number of amides is 1. The van der Waals surface area contributed by atoms with Crippen LogP contribution in [0.25, 0.3) is 0 Å². The quantitative estimate of drug-likeness (QED) is 0.416. The number of anilines is 1. The molecule has 5 rings (SSSR count). The molecule has 1 amide bonds. The fourth-order valence-corrected chi connectivity index (χ4v) is 4.97. The van der Waals surface area contributed by atoms with Crippen molar-refractivity contribution in [2.24, 2.45) is 0 Å². The van der Waals surface area contributed by atoms with Crippen molar-refractivity contribution in [3.63, 3.8) is 0 Å². The topological polar surface area (TPSA) is 55.8 Å². The molecule has 1 unspecified atom stereocenters. The van der Waals surface area contributed by atoms with Crippen molar-refractivity contribution < 1.29 is 19.1 Å². The Balaban J connectivity index is 1.41. The van der Waals surface area contributed by atoms with Crippen LogP contribution >= 0.6 is 0 Å². The number of hydrogen-bond donors (Lipinski definition) is 0. The normalized spacial score (nSPS) is 17.9. The van der Waals surface area contributed by atoms with E-state index in [0.717, 1.165) is 52.4 Å². The molecule has 3 aromatic carbocycles. The summed E-state index contributed by atoms with van der Waals surface area (Å²) in [5.41, 5.74) is 4.48. The molecule has 5 nitrogen and oxygen atoms in total. The molecule has 35 heavy (non-hydrogen) atoms. The molecule has 2 aliphatic rings. The molecular weight excluding hydrogens is 438 g/mol. The Morgan fingerprint density at radius 1 is 0.829 bits per heavy atom. The van der Waals surface area contributed by atoms with Crippen molar-refractivity contribution >= 4 is 17.4 Å². The summed E-state index contributed by atoms with van der Waals surface area (Å²) < 4.78 is 11.5. The predicted molar refractivity (Wildman–Crippen MR) is 136 cm³/mol. The molecule has 0 N–H and O–H groups in total. The Kier molecular flexibility index (Phi) is 6.66. The number of ether oxygens (including phenoxy) is 2. The minimum Gasteiger partial charge on any atom is -0.494 e. The highest BCUT2D eigenvalue weighted by atomic mass is 16.5. The Hall–Kier alpha value is -3.86. The minimum absolute atomic E-state index is 0.0111. The number of ketones is 1. The van der Waals surface area contributed by atoms with E-state index in [-0.39, 0.29) is 24.0 Å². The smallest absolute Gasteiger partial charge is 0.232 e. The predicted octanol–water partition coefficient (Wildman–Crippen LogP) is 6.19. The Morgan fingerprint density at radius 2 is 1.51 bits per heavy atom. The summed E-state index contributed by atoms with van der Waals surface area (Å²) in [5.74, 6) is 1.45. The third-order valence-corrected chi connectivity index (χ3v) is 6.61. The first kappa shape index (κ1) is 22.9. The van der Waals surface area contributed by atoms with E-state index in [4.69, 9.17) is 9.47 Å². The standard InChI is InChI=1S/C30H29NO4/c1-2-34-24-17-13-23(14-18-24)31-27-9-6-10-28(32)30(27)26(19-29(31)33)22-11-15-25(16-12-22)35-20-21-7-4-3-5-8-21/h3-5,7-8,11-18,26H,2,6,9-10,19-20H2,1H3. The van der Waals surface area contributed by atoms with E-state index >= 15 is 0 Å². The lowest BCUT2D eigenvalue weighted by Crippen LogP contribution is -2.40. The number of carbonyl (C=O) groups excluding carboxylic acids is 2. The van der Waals surface area contributed by atoms with Gasteiger partial charge in [0.25, 0.3) is 0 Å². The van der Waals surface area contributed by atoms with Gasteiger partial charge in [0.2, 0.25) is 5.91 Å². The second-order valence-electron chi connectivity index (χ2n) is 8.89. The number of rotatable bonds is 7. The lowest BCUT2D eigenvalue weighted by Gasteiger charge is -2.38. The SMILES string of the molecule is CCOc1ccc(N2C(=O)CC(c3ccc(OCc4ccccc4)cc3)C3=C2CCCC3=O)cc1. The molecule has 5 heteroatoms. The monoisotopic (exact) mass is 467 g/mol. The van der Waals surface area contributed by atoms with Crippen LogP contribution in [0.15, 0.2) is 90.1 Å². The van der Waals surface area contributed by atoms with Crippen molar-refractivity contribution in [3.8, 4) is 11.5 Å². The first-order chi connectivity index (χ1) is 17.1. The maximum absolute atomic E-state index is 13.4. The molecule has 1 aliphatic heterocycles. The number of nitrogens with zero attached hydrogens (tertiary/aromatic N) is 1. The highest BCUT2D eigenvalue weighted by Crippen LogP contribution is 2.43. The Labute approximate surface area is 206 Å². The van der Waals surface area contributed by atoms with Crippen LogP contribution in [-0.2, 0) is 16.2 Å². The van der Waals surface area contributed by atoms with Crippen molar-refractivity contribution in [1.82, 2.24) is 0 Å². The molecule has 1 heterocycles. The van der Waals surface area contributed by atoms with Crippen LogP contribution < -0.4 is 14.4 Å². The van der Waals surface area contributed by atoms with E-state index in [1.165, 1.54) is 0 Å². The third-order valence-electron chi connectivity index (χ3n) is 6.61. The summed E-state index contributed by atoms with van der Waals surface area (Å²) in [7, 11) is 0. The molecule has 0 radical (unpaired) electrons. The van der Waals surface area contributed by atoms with E-state index in [2.05, 4.69) is 0 Å². The second kappa shape index (κ2) is 10.2. The third kappa shape index (κ3) is 4.85. The molecule has 3 aromatic rings. The van der Waals surface area contributed by atoms with Crippen LogP contribution in [0.1, 0.15) is 49.7 Å². The van der Waals surface area contributed by atoms with Crippen LogP contribution in [0.2, 0.25) is 0 Å². The first-order valence-corrected chi connectivity index (χ1v) is 12.2. The number of benzene rings is 3. The molecule has 1 atom stereocenters. The lowest BCUT2D eigenvalue weighted by atomic mass is 9.77.